The van der Waals surface area contributed by atoms with Gasteiger partial charge in [0.15, 0.2) is 0 Å². The first-order chi connectivity index (χ1) is 12.1. The van der Waals surface area contributed by atoms with Gasteiger partial charge in [0.1, 0.15) is 0 Å². The molecule has 1 fully saturated rings. The number of piperazine rings is 1. The van der Waals surface area contributed by atoms with Crippen LogP contribution in [-0.2, 0) is 11.3 Å². The molecule has 4 nitrogen and oxygen atoms in total. The van der Waals surface area contributed by atoms with Crippen LogP contribution in [0.4, 0.5) is 5.69 Å². The molecular weight excluding hydrogens is 378 g/mol. The van der Waals surface area contributed by atoms with Crippen LogP contribution in [0.2, 0.25) is 0 Å². The van der Waals surface area contributed by atoms with Gasteiger partial charge in [-0.25, -0.2) is 0 Å². The summed E-state index contributed by atoms with van der Waals surface area (Å²) >= 11 is 3.41. The summed E-state index contributed by atoms with van der Waals surface area (Å²) in [6.45, 7) is 6.92. The fraction of sp³-hybridized carbons (Fsp3) is 0.350. The second kappa shape index (κ2) is 8.50. The van der Waals surface area contributed by atoms with Gasteiger partial charge in [-0.15, -0.1) is 0 Å². The molecule has 1 aliphatic heterocycles. The molecule has 0 spiro atoms. The standard InChI is InChI=1S/C20H24BrN3O/c1-16-4-2-3-5-17(16)15-23-10-12-24(13-11-23)20(25)14-22-19-8-6-18(21)7-9-19/h2-9,22H,10-15H2,1H3. The van der Waals surface area contributed by atoms with Crippen LogP contribution in [0.5, 0.6) is 0 Å². The van der Waals surface area contributed by atoms with Crippen LogP contribution in [0.1, 0.15) is 11.1 Å². The van der Waals surface area contributed by atoms with Crippen LogP contribution in [0.25, 0.3) is 0 Å². The Hall–Kier alpha value is -1.85. The highest BCUT2D eigenvalue weighted by atomic mass is 79.9. The van der Waals surface area contributed by atoms with Crippen LogP contribution in [0, 0.1) is 6.92 Å². The van der Waals surface area contributed by atoms with Crippen molar-refractivity contribution in [3.63, 3.8) is 0 Å². The average molecular weight is 402 g/mol. The molecule has 2 aromatic carbocycles. The molecule has 1 aliphatic rings. The lowest BCUT2D eigenvalue weighted by molar-refractivity contribution is -0.131. The molecule has 132 valence electrons. The third kappa shape index (κ3) is 5.06. The highest BCUT2D eigenvalue weighted by Crippen LogP contribution is 2.15. The molecule has 0 radical (unpaired) electrons. The largest absolute Gasteiger partial charge is 0.376 e. The lowest BCUT2D eigenvalue weighted by Gasteiger charge is -2.35. The van der Waals surface area contributed by atoms with Gasteiger partial charge in [-0.2, -0.15) is 0 Å². The third-order valence-electron chi connectivity index (χ3n) is 4.67. The van der Waals surface area contributed by atoms with E-state index in [1.54, 1.807) is 0 Å². The molecule has 0 aliphatic carbocycles. The number of hydrogen-bond acceptors (Lipinski definition) is 3. The maximum Gasteiger partial charge on any atom is 0.241 e. The summed E-state index contributed by atoms with van der Waals surface area (Å²) in [7, 11) is 0. The number of nitrogens with zero attached hydrogens (tertiary/aromatic N) is 2. The van der Waals surface area contributed by atoms with Crippen molar-refractivity contribution in [3.05, 3.63) is 64.1 Å². The first-order valence-corrected chi connectivity index (χ1v) is 9.45. The zero-order valence-corrected chi connectivity index (χ0v) is 16.1. The van der Waals surface area contributed by atoms with Crippen molar-refractivity contribution in [1.82, 2.24) is 9.80 Å². The molecular formula is C20H24BrN3O. The summed E-state index contributed by atoms with van der Waals surface area (Å²) in [4.78, 5) is 16.8. The van der Waals surface area contributed by atoms with Gasteiger partial charge in [0.25, 0.3) is 0 Å². The first-order valence-electron chi connectivity index (χ1n) is 8.66. The fourth-order valence-corrected chi connectivity index (χ4v) is 3.31. The Bertz CT molecular complexity index is 709. The molecule has 0 atom stereocenters. The van der Waals surface area contributed by atoms with E-state index in [1.807, 2.05) is 29.2 Å². The Morgan fingerprint density at radius 2 is 1.72 bits per heavy atom. The normalized spacial score (nSPS) is 15.2. The number of halogens is 1. The Morgan fingerprint density at radius 1 is 1.04 bits per heavy atom. The summed E-state index contributed by atoms with van der Waals surface area (Å²) in [5.41, 5.74) is 3.67. The Balaban J connectivity index is 1.44. The van der Waals surface area contributed by atoms with Gasteiger partial charge in [0.05, 0.1) is 6.54 Å². The van der Waals surface area contributed by atoms with Crippen LogP contribution in [0.3, 0.4) is 0 Å². The van der Waals surface area contributed by atoms with Crippen molar-refractivity contribution < 1.29 is 4.79 Å². The monoisotopic (exact) mass is 401 g/mol. The van der Waals surface area contributed by atoms with Gasteiger partial charge in [0.2, 0.25) is 5.91 Å². The summed E-state index contributed by atoms with van der Waals surface area (Å²) in [5.74, 6) is 0.165. The van der Waals surface area contributed by atoms with E-state index in [4.69, 9.17) is 0 Å². The van der Waals surface area contributed by atoms with E-state index >= 15 is 0 Å². The summed E-state index contributed by atoms with van der Waals surface area (Å²) in [5, 5.41) is 3.20. The minimum Gasteiger partial charge on any atom is -0.376 e. The molecule has 0 bridgehead atoms. The van der Waals surface area contributed by atoms with E-state index in [0.29, 0.717) is 6.54 Å². The number of hydrogen-bond donors (Lipinski definition) is 1. The third-order valence-corrected chi connectivity index (χ3v) is 5.20. The number of benzene rings is 2. The number of carbonyl (C=O) groups excluding carboxylic acids is 1. The Kier molecular flexibility index (Phi) is 6.10. The number of amides is 1. The fourth-order valence-electron chi connectivity index (χ4n) is 3.04. The van der Waals surface area contributed by atoms with Gasteiger partial charge in [-0.1, -0.05) is 40.2 Å². The second-order valence-corrected chi connectivity index (χ2v) is 7.36. The maximum absolute atomic E-state index is 12.4. The minimum atomic E-state index is 0.165. The van der Waals surface area contributed by atoms with Crippen molar-refractivity contribution in [2.75, 3.05) is 38.0 Å². The van der Waals surface area contributed by atoms with E-state index in [-0.39, 0.29) is 5.91 Å². The zero-order chi connectivity index (χ0) is 17.6. The van der Waals surface area contributed by atoms with Crippen LogP contribution in [-0.4, -0.2) is 48.4 Å². The summed E-state index contributed by atoms with van der Waals surface area (Å²) in [6, 6.07) is 16.4. The predicted octanol–water partition coefficient (Wildman–Crippen LogP) is 3.51. The summed E-state index contributed by atoms with van der Waals surface area (Å²) < 4.78 is 1.04. The van der Waals surface area contributed by atoms with Crippen molar-refractivity contribution >= 4 is 27.5 Å². The number of aryl methyl sites for hydroxylation is 1. The number of rotatable bonds is 5. The van der Waals surface area contributed by atoms with E-state index in [2.05, 4.69) is 57.3 Å². The topological polar surface area (TPSA) is 35.6 Å². The molecule has 5 heteroatoms. The van der Waals surface area contributed by atoms with Crippen LogP contribution >= 0.6 is 15.9 Å². The quantitative estimate of drug-likeness (QED) is 0.832. The van der Waals surface area contributed by atoms with E-state index in [1.165, 1.54) is 11.1 Å². The molecule has 2 aromatic rings. The summed E-state index contributed by atoms with van der Waals surface area (Å²) in [6.07, 6.45) is 0. The maximum atomic E-state index is 12.4. The second-order valence-electron chi connectivity index (χ2n) is 6.44. The van der Waals surface area contributed by atoms with Crippen molar-refractivity contribution in [2.45, 2.75) is 13.5 Å². The molecule has 0 unspecified atom stereocenters. The molecule has 25 heavy (non-hydrogen) atoms. The van der Waals surface area contributed by atoms with Gasteiger partial charge >= 0.3 is 0 Å². The zero-order valence-electron chi connectivity index (χ0n) is 14.5. The average Bonchev–Trinajstić information content (AvgIpc) is 2.63. The van der Waals surface area contributed by atoms with Crippen molar-refractivity contribution in [3.8, 4) is 0 Å². The molecule has 1 heterocycles. The van der Waals surface area contributed by atoms with E-state index in [9.17, 15) is 4.79 Å². The molecule has 3 rings (SSSR count). The Morgan fingerprint density at radius 3 is 2.40 bits per heavy atom. The minimum absolute atomic E-state index is 0.165. The van der Waals surface area contributed by atoms with Gasteiger partial charge < -0.3 is 10.2 Å². The van der Waals surface area contributed by atoms with Crippen LogP contribution in [0.15, 0.2) is 53.0 Å². The number of anilines is 1. The predicted molar refractivity (Wildman–Crippen MR) is 106 cm³/mol. The smallest absolute Gasteiger partial charge is 0.241 e. The molecule has 1 N–H and O–H groups in total. The number of nitrogens with one attached hydrogen (secondary N) is 1. The van der Waals surface area contributed by atoms with E-state index in [0.717, 1.165) is 42.9 Å². The molecule has 0 aromatic heterocycles. The lowest BCUT2D eigenvalue weighted by atomic mass is 10.1. The van der Waals surface area contributed by atoms with Crippen LogP contribution < -0.4 is 5.32 Å². The Labute approximate surface area is 158 Å². The highest BCUT2D eigenvalue weighted by molar-refractivity contribution is 9.10. The lowest BCUT2D eigenvalue weighted by Crippen LogP contribution is -2.49. The van der Waals surface area contributed by atoms with Gasteiger partial charge in [-0.3, -0.25) is 9.69 Å². The molecule has 1 amide bonds. The van der Waals surface area contributed by atoms with E-state index < -0.39 is 0 Å². The molecule has 1 saturated heterocycles. The molecule has 0 saturated carbocycles. The SMILES string of the molecule is Cc1ccccc1CN1CCN(C(=O)CNc2ccc(Br)cc2)CC1. The van der Waals surface area contributed by atoms with Crippen molar-refractivity contribution in [1.29, 1.82) is 0 Å². The number of carbonyl (C=O) groups is 1. The van der Waals surface area contributed by atoms with Gasteiger partial charge in [0, 0.05) is 42.9 Å². The van der Waals surface area contributed by atoms with Crippen molar-refractivity contribution in [2.24, 2.45) is 0 Å². The first kappa shape index (κ1) is 18.0. The van der Waals surface area contributed by atoms with Gasteiger partial charge in [-0.05, 0) is 42.3 Å². The highest BCUT2D eigenvalue weighted by Gasteiger charge is 2.21.